The van der Waals surface area contributed by atoms with Crippen LogP contribution in [-0.4, -0.2) is 12.6 Å². The van der Waals surface area contributed by atoms with E-state index in [1.807, 2.05) is 12.1 Å². The van der Waals surface area contributed by atoms with Gasteiger partial charge in [-0.25, -0.2) is 0 Å². The summed E-state index contributed by atoms with van der Waals surface area (Å²) < 4.78 is 0. The monoisotopic (exact) mass is 248 g/mol. The summed E-state index contributed by atoms with van der Waals surface area (Å²) in [6.07, 6.45) is 4.36. The molecule has 1 aliphatic rings. The Labute approximate surface area is 108 Å². The summed E-state index contributed by atoms with van der Waals surface area (Å²) in [4.78, 5) is 0. The van der Waals surface area contributed by atoms with E-state index in [-0.39, 0.29) is 5.92 Å². The second-order valence-corrected chi connectivity index (χ2v) is 5.04. The van der Waals surface area contributed by atoms with Crippen LogP contribution in [0.3, 0.4) is 0 Å². The quantitative estimate of drug-likeness (QED) is 0.889. The Kier molecular flexibility index (Phi) is 4.42. The fraction of sp³-hybridized carbons (Fsp3) is 0.500. The Bertz CT molecular complexity index is 394. The van der Waals surface area contributed by atoms with Crippen LogP contribution in [0.5, 0.6) is 0 Å². The molecular weight excluding hydrogens is 232 g/mol. The molecule has 90 valence electrons. The summed E-state index contributed by atoms with van der Waals surface area (Å²) >= 11 is 5.84. The van der Waals surface area contributed by atoms with Gasteiger partial charge in [0.1, 0.15) is 0 Å². The minimum Gasteiger partial charge on any atom is -0.312 e. The molecule has 0 heterocycles. The van der Waals surface area contributed by atoms with Crippen molar-refractivity contribution in [1.82, 2.24) is 5.32 Å². The molecular formula is C14H17ClN2. The molecule has 0 bridgehead atoms. The second-order valence-electron chi connectivity index (χ2n) is 4.60. The van der Waals surface area contributed by atoms with Gasteiger partial charge in [0.15, 0.2) is 0 Å². The molecule has 0 aliphatic heterocycles. The van der Waals surface area contributed by atoms with Crippen molar-refractivity contribution >= 4 is 11.6 Å². The first-order valence-electron chi connectivity index (χ1n) is 6.17. The maximum atomic E-state index is 8.98. The molecule has 2 unspecified atom stereocenters. The molecule has 2 rings (SSSR count). The van der Waals surface area contributed by atoms with Crippen LogP contribution in [0.15, 0.2) is 24.3 Å². The van der Waals surface area contributed by atoms with Crippen LogP contribution >= 0.6 is 11.6 Å². The van der Waals surface area contributed by atoms with Gasteiger partial charge in [-0.05, 0) is 43.5 Å². The highest BCUT2D eigenvalue weighted by atomic mass is 35.5. The molecule has 1 N–H and O–H groups in total. The fourth-order valence-electron chi connectivity index (χ4n) is 2.41. The smallest absolute Gasteiger partial charge is 0.0672 e. The van der Waals surface area contributed by atoms with Crippen LogP contribution in [-0.2, 0) is 6.42 Å². The molecule has 0 radical (unpaired) electrons. The molecule has 17 heavy (non-hydrogen) atoms. The first-order chi connectivity index (χ1) is 8.29. The Balaban J connectivity index is 1.76. The lowest BCUT2D eigenvalue weighted by Gasteiger charge is -2.15. The maximum Gasteiger partial charge on any atom is 0.0672 e. The van der Waals surface area contributed by atoms with E-state index in [4.69, 9.17) is 16.9 Å². The predicted octanol–water partition coefficient (Wildman–Crippen LogP) is 3.16. The summed E-state index contributed by atoms with van der Waals surface area (Å²) in [5.74, 6) is 0.209. The van der Waals surface area contributed by atoms with E-state index in [0.29, 0.717) is 6.04 Å². The van der Waals surface area contributed by atoms with Crippen LogP contribution < -0.4 is 5.32 Å². The third-order valence-corrected chi connectivity index (χ3v) is 3.67. The van der Waals surface area contributed by atoms with E-state index >= 15 is 0 Å². The molecule has 0 saturated heterocycles. The van der Waals surface area contributed by atoms with Crippen molar-refractivity contribution in [3.8, 4) is 6.07 Å². The zero-order valence-corrected chi connectivity index (χ0v) is 10.6. The number of halogens is 1. The zero-order valence-electron chi connectivity index (χ0n) is 9.82. The maximum absolute atomic E-state index is 8.98. The van der Waals surface area contributed by atoms with Crippen LogP contribution in [0.25, 0.3) is 0 Å². The average Bonchev–Trinajstić information content (AvgIpc) is 2.79. The van der Waals surface area contributed by atoms with Gasteiger partial charge in [0.2, 0.25) is 0 Å². The molecule has 3 heteroatoms. The van der Waals surface area contributed by atoms with Gasteiger partial charge >= 0.3 is 0 Å². The van der Waals surface area contributed by atoms with Gasteiger partial charge in [0, 0.05) is 11.1 Å². The predicted molar refractivity (Wildman–Crippen MR) is 69.9 cm³/mol. The fourth-order valence-corrected chi connectivity index (χ4v) is 2.54. The second kappa shape index (κ2) is 6.05. The van der Waals surface area contributed by atoms with Gasteiger partial charge in [-0.1, -0.05) is 30.2 Å². The lowest BCUT2D eigenvalue weighted by molar-refractivity contribution is 0.468. The Morgan fingerprint density at radius 2 is 2.06 bits per heavy atom. The summed E-state index contributed by atoms with van der Waals surface area (Å²) in [6, 6.07) is 10.7. The first-order valence-corrected chi connectivity index (χ1v) is 6.55. The molecule has 2 nitrogen and oxygen atoms in total. The number of nitrogens with zero attached hydrogens (tertiary/aromatic N) is 1. The Morgan fingerprint density at radius 1 is 1.29 bits per heavy atom. The standard InChI is InChI=1S/C14H17ClN2/c15-13-6-4-11(5-7-13)8-9-17-14-3-1-2-12(14)10-16/h4-7,12,14,17H,1-3,8-9H2. The van der Waals surface area contributed by atoms with Gasteiger partial charge in [0.05, 0.1) is 12.0 Å². The SMILES string of the molecule is N#CC1CCCC1NCCc1ccc(Cl)cc1. The van der Waals surface area contributed by atoms with Gasteiger partial charge in [0.25, 0.3) is 0 Å². The number of benzene rings is 1. The van der Waals surface area contributed by atoms with Crippen molar-refractivity contribution in [3.05, 3.63) is 34.9 Å². The van der Waals surface area contributed by atoms with Crippen LogP contribution in [0.4, 0.5) is 0 Å². The highest BCUT2D eigenvalue weighted by Crippen LogP contribution is 2.24. The molecule has 0 spiro atoms. The molecule has 1 aromatic carbocycles. The van der Waals surface area contributed by atoms with Crippen molar-refractivity contribution < 1.29 is 0 Å². The minimum absolute atomic E-state index is 0.209. The number of nitrogens with one attached hydrogen (secondary N) is 1. The van der Waals surface area contributed by atoms with Crippen molar-refractivity contribution in [2.75, 3.05) is 6.54 Å². The van der Waals surface area contributed by atoms with Crippen LogP contribution in [0, 0.1) is 17.2 Å². The van der Waals surface area contributed by atoms with Gasteiger partial charge < -0.3 is 5.32 Å². The lowest BCUT2D eigenvalue weighted by atomic mass is 10.1. The zero-order chi connectivity index (χ0) is 12.1. The van der Waals surface area contributed by atoms with Crippen molar-refractivity contribution in [3.63, 3.8) is 0 Å². The number of rotatable bonds is 4. The number of hydrogen-bond acceptors (Lipinski definition) is 2. The van der Waals surface area contributed by atoms with E-state index in [0.717, 1.165) is 30.8 Å². The van der Waals surface area contributed by atoms with Crippen molar-refractivity contribution in [2.24, 2.45) is 5.92 Å². The summed E-state index contributed by atoms with van der Waals surface area (Å²) in [5, 5.41) is 13.2. The molecule has 2 atom stereocenters. The van der Waals surface area contributed by atoms with Crippen molar-refractivity contribution in [1.29, 1.82) is 5.26 Å². The third-order valence-electron chi connectivity index (χ3n) is 3.42. The highest BCUT2D eigenvalue weighted by molar-refractivity contribution is 6.30. The van der Waals surface area contributed by atoms with E-state index in [9.17, 15) is 0 Å². The third kappa shape index (κ3) is 3.46. The molecule has 1 saturated carbocycles. The van der Waals surface area contributed by atoms with Crippen LogP contribution in [0.1, 0.15) is 24.8 Å². The summed E-state index contributed by atoms with van der Waals surface area (Å²) in [6.45, 7) is 0.935. The van der Waals surface area contributed by atoms with Gasteiger partial charge in [-0.3, -0.25) is 0 Å². The van der Waals surface area contributed by atoms with E-state index < -0.39 is 0 Å². The topological polar surface area (TPSA) is 35.8 Å². The highest BCUT2D eigenvalue weighted by Gasteiger charge is 2.25. The van der Waals surface area contributed by atoms with Gasteiger partial charge in [-0.15, -0.1) is 0 Å². The largest absolute Gasteiger partial charge is 0.312 e. The molecule has 0 amide bonds. The Hall–Kier alpha value is -1.04. The number of nitriles is 1. The molecule has 0 aromatic heterocycles. The van der Waals surface area contributed by atoms with Crippen molar-refractivity contribution in [2.45, 2.75) is 31.7 Å². The molecule has 1 aliphatic carbocycles. The van der Waals surface area contributed by atoms with E-state index in [1.54, 1.807) is 0 Å². The summed E-state index contributed by atoms with van der Waals surface area (Å²) in [5.41, 5.74) is 1.29. The van der Waals surface area contributed by atoms with E-state index in [1.165, 1.54) is 12.0 Å². The van der Waals surface area contributed by atoms with Gasteiger partial charge in [-0.2, -0.15) is 5.26 Å². The lowest BCUT2D eigenvalue weighted by Crippen LogP contribution is -2.33. The molecule has 1 aromatic rings. The first kappa shape index (κ1) is 12.4. The van der Waals surface area contributed by atoms with E-state index in [2.05, 4.69) is 23.5 Å². The minimum atomic E-state index is 0.209. The van der Waals surface area contributed by atoms with Crippen LogP contribution in [0.2, 0.25) is 5.02 Å². The molecule has 1 fully saturated rings. The Morgan fingerprint density at radius 3 is 2.76 bits per heavy atom. The number of hydrogen-bond donors (Lipinski definition) is 1. The summed E-state index contributed by atoms with van der Waals surface area (Å²) in [7, 11) is 0. The average molecular weight is 249 g/mol. The normalized spacial score (nSPS) is 23.5.